The molecule has 0 spiro atoms. The summed E-state index contributed by atoms with van der Waals surface area (Å²) < 4.78 is 11.3. The second kappa shape index (κ2) is 9.62. The molecule has 2 atom stereocenters. The number of imide groups is 1. The van der Waals surface area contributed by atoms with Crippen LogP contribution in [0.15, 0.2) is 54.6 Å². The van der Waals surface area contributed by atoms with Crippen molar-refractivity contribution in [3.05, 3.63) is 60.2 Å². The van der Waals surface area contributed by atoms with Crippen LogP contribution in [0, 0.1) is 11.3 Å². The van der Waals surface area contributed by atoms with E-state index in [2.05, 4.69) is 0 Å². The summed E-state index contributed by atoms with van der Waals surface area (Å²) in [6.07, 6.45) is 1.39. The molecule has 2 saturated heterocycles. The van der Waals surface area contributed by atoms with Gasteiger partial charge in [-0.1, -0.05) is 18.2 Å². The van der Waals surface area contributed by atoms with Crippen molar-refractivity contribution in [2.45, 2.75) is 31.4 Å². The van der Waals surface area contributed by atoms with Gasteiger partial charge in [0.1, 0.15) is 11.8 Å². The number of anilines is 1. The maximum absolute atomic E-state index is 13.2. The first kappa shape index (κ1) is 21.5. The number of para-hydroxylation sites is 1. The number of hydrogen-bond donors (Lipinski definition) is 0. The number of hydrogen-bond acceptors (Lipinski definition) is 6. The number of carbonyl (C=O) groups is 3. The number of carbonyl (C=O) groups excluding carboxylic acids is 3. The fourth-order valence-corrected chi connectivity index (χ4v) is 3.97. The Kier molecular flexibility index (Phi) is 6.47. The van der Waals surface area contributed by atoms with E-state index in [0.717, 1.165) is 17.7 Å². The first-order valence-electron chi connectivity index (χ1n) is 10.5. The third kappa shape index (κ3) is 4.63. The molecular formula is C24H23N3O5. The molecule has 4 rings (SSSR count). The molecule has 2 heterocycles. The lowest BCUT2D eigenvalue weighted by atomic mass is 10.1. The predicted molar refractivity (Wildman–Crippen MR) is 115 cm³/mol. The van der Waals surface area contributed by atoms with Crippen LogP contribution in [0.5, 0.6) is 5.75 Å². The van der Waals surface area contributed by atoms with Crippen LogP contribution in [0.3, 0.4) is 0 Å². The Hall–Kier alpha value is -3.70. The summed E-state index contributed by atoms with van der Waals surface area (Å²) in [5, 5.41) is 8.98. The molecule has 2 aromatic carbocycles. The second-order valence-electron chi connectivity index (χ2n) is 7.73. The first-order valence-corrected chi connectivity index (χ1v) is 10.5. The SMILES string of the molecule is N#Cc1ccc(N2C(=O)CC(N(CC3CCCO3)C(=O)COc3ccccc3)C2=O)cc1. The molecule has 2 aliphatic rings. The minimum absolute atomic E-state index is 0.109. The topological polar surface area (TPSA) is 99.9 Å². The number of ether oxygens (including phenoxy) is 2. The number of rotatable bonds is 7. The smallest absolute Gasteiger partial charge is 0.261 e. The molecule has 2 fully saturated rings. The third-order valence-electron chi connectivity index (χ3n) is 5.60. The lowest BCUT2D eigenvalue weighted by Crippen LogP contribution is -2.50. The van der Waals surface area contributed by atoms with Crippen LogP contribution in [0.2, 0.25) is 0 Å². The van der Waals surface area contributed by atoms with Gasteiger partial charge in [0, 0.05) is 13.2 Å². The Morgan fingerprint density at radius 2 is 1.91 bits per heavy atom. The first-order chi connectivity index (χ1) is 15.6. The Morgan fingerprint density at radius 1 is 1.16 bits per heavy atom. The number of benzene rings is 2. The maximum atomic E-state index is 13.2. The highest BCUT2D eigenvalue weighted by Gasteiger charge is 2.45. The summed E-state index contributed by atoms with van der Waals surface area (Å²) >= 11 is 0. The minimum Gasteiger partial charge on any atom is -0.484 e. The van der Waals surface area contributed by atoms with Crippen LogP contribution >= 0.6 is 0 Å². The van der Waals surface area contributed by atoms with Crippen LogP contribution in [0.4, 0.5) is 5.69 Å². The second-order valence-corrected chi connectivity index (χ2v) is 7.73. The molecule has 0 aliphatic carbocycles. The molecule has 2 aromatic rings. The van der Waals surface area contributed by atoms with Crippen molar-refractivity contribution in [1.82, 2.24) is 4.90 Å². The zero-order chi connectivity index (χ0) is 22.5. The average Bonchev–Trinajstić information content (AvgIpc) is 3.44. The largest absolute Gasteiger partial charge is 0.484 e. The van der Waals surface area contributed by atoms with Gasteiger partial charge in [0.15, 0.2) is 6.61 Å². The summed E-state index contributed by atoms with van der Waals surface area (Å²) in [6, 6.07) is 16.2. The van der Waals surface area contributed by atoms with Gasteiger partial charge in [-0.2, -0.15) is 5.26 Å². The Labute approximate surface area is 185 Å². The van der Waals surface area contributed by atoms with E-state index < -0.39 is 11.9 Å². The van der Waals surface area contributed by atoms with E-state index in [4.69, 9.17) is 14.7 Å². The van der Waals surface area contributed by atoms with Crippen LogP contribution in [0.25, 0.3) is 0 Å². The standard InChI is InChI=1S/C24H23N3O5/c25-14-17-8-10-18(11-9-17)27-22(28)13-21(24(27)30)26(15-20-7-4-12-31-20)23(29)16-32-19-5-2-1-3-6-19/h1-3,5-6,8-11,20-21H,4,7,12-13,15-16H2. The zero-order valence-electron chi connectivity index (χ0n) is 17.5. The van der Waals surface area contributed by atoms with Gasteiger partial charge < -0.3 is 14.4 Å². The summed E-state index contributed by atoms with van der Waals surface area (Å²) in [6.45, 7) is 0.593. The molecule has 164 valence electrons. The van der Waals surface area contributed by atoms with Gasteiger partial charge in [0.2, 0.25) is 5.91 Å². The van der Waals surface area contributed by atoms with Crippen LogP contribution in [0.1, 0.15) is 24.8 Å². The molecule has 0 N–H and O–H groups in total. The summed E-state index contributed by atoms with van der Waals surface area (Å²) in [7, 11) is 0. The van der Waals surface area contributed by atoms with Crippen molar-refractivity contribution in [2.75, 3.05) is 24.7 Å². The highest BCUT2D eigenvalue weighted by molar-refractivity contribution is 6.23. The number of amides is 3. The van der Waals surface area contributed by atoms with Gasteiger partial charge in [-0.25, -0.2) is 4.90 Å². The monoisotopic (exact) mass is 433 g/mol. The Bertz CT molecular complexity index is 1030. The molecule has 2 unspecified atom stereocenters. The fourth-order valence-electron chi connectivity index (χ4n) is 3.97. The van der Waals surface area contributed by atoms with Crippen molar-refractivity contribution in [2.24, 2.45) is 0 Å². The summed E-state index contributed by atoms with van der Waals surface area (Å²) in [4.78, 5) is 41.6. The van der Waals surface area contributed by atoms with Gasteiger partial charge in [0.05, 0.1) is 29.8 Å². The molecule has 0 bridgehead atoms. The molecule has 0 radical (unpaired) electrons. The molecule has 3 amide bonds. The minimum atomic E-state index is -0.922. The highest BCUT2D eigenvalue weighted by atomic mass is 16.5. The summed E-state index contributed by atoms with van der Waals surface area (Å²) in [5.74, 6) is -0.687. The normalized spacial score (nSPS) is 20.3. The average molecular weight is 433 g/mol. The van der Waals surface area contributed by atoms with E-state index in [0.29, 0.717) is 23.6 Å². The Balaban J connectivity index is 1.52. The van der Waals surface area contributed by atoms with Gasteiger partial charge in [-0.3, -0.25) is 14.4 Å². The third-order valence-corrected chi connectivity index (χ3v) is 5.60. The lowest BCUT2D eigenvalue weighted by Gasteiger charge is -2.29. The number of nitrogens with zero attached hydrogens (tertiary/aromatic N) is 3. The van der Waals surface area contributed by atoms with Crippen molar-refractivity contribution in [3.8, 4) is 11.8 Å². The molecule has 8 heteroatoms. The molecule has 0 saturated carbocycles. The van der Waals surface area contributed by atoms with Gasteiger partial charge in [-0.05, 0) is 49.2 Å². The highest BCUT2D eigenvalue weighted by Crippen LogP contribution is 2.27. The molecule has 2 aliphatic heterocycles. The van der Waals surface area contributed by atoms with E-state index >= 15 is 0 Å². The van der Waals surface area contributed by atoms with E-state index in [-0.39, 0.29) is 37.5 Å². The predicted octanol–water partition coefficient (Wildman–Crippen LogP) is 2.28. The van der Waals surface area contributed by atoms with Crippen LogP contribution < -0.4 is 9.64 Å². The van der Waals surface area contributed by atoms with E-state index in [1.54, 1.807) is 48.5 Å². The zero-order valence-corrected chi connectivity index (χ0v) is 17.5. The molecular weight excluding hydrogens is 410 g/mol. The van der Waals surface area contributed by atoms with Gasteiger partial charge in [-0.15, -0.1) is 0 Å². The van der Waals surface area contributed by atoms with Gasteiger partial charge in [0.25, 0.3) is 11.8 Å². The van der Waals surface area contributed by atoms with Crippen LogP contribution in [-0.2, 0) is 19.1 Å². The Morgan fingerprint density at radius 3 is 2.56 bits per heavy atom. The van der Waals surface area contributed by atoms with Crippen LogP contribution in [-0.4, -0.2) is 54.5 Å². The van der Waals surface area contributed by atoms with Crippen molar-refractivity contribution in [3.63, 3.8) is 0 Å². The van der Waals surface area contributed by atoms with E-state index in [9.17, 15) is 14.4 Å². The maximum Gasteiger partial charge on any atom is 0.261 e. The summed E-state index contributed by atoms with van der Waals surface area (Å²) in [5.41, 5.74) is 0.809. The van der Waals surface area contributed by atoms with E-state index in [1.807, 2.05) is 12.1 Å². The van der Waals surface area contributed by atoms with E-state index in [1.165, 1.54) is 4.90 Å². The molecule has 32 heavy (non-hydrogen) atoms. The molecule has 8 nitrogen and oxygen atoms in total. The van der Waals surface area contributed by atoms with Crippen molar-refractivity contribution >= 4 is 23.4 Å². The van der Waals surface area contributed by atoms with Gasteiger partial charge >= 0.3 is 0 Å². The quantitative estimate of drug-likeness (QED) is 0.621. The molecule has 0 aromatic heterocycles. The lowest BCUT2D eigenvalue weighted by molar-refractivity contribution is -0.141. The fraction of sp³-hybridized carbons (Fsp3) is 0.333. The van der Waals surface area contributed by atoms with Crippen molar-refractivity contribution < 1.29 is 23.9 Å². The number of nitriles is 1. The van der Waals surface area contributed by atoms with Crippen molar-refractivity contribution in [1.29, 1.82) is 5.26 Å².